The zero-order valence-corrected chi connectivity index (χ0v) is 18.4. The Labute approximate surface area is 187 Å². The fourth-order valence-electron chi connectivity index (χ4n) is 3.58. The van der Waals surface area contributed by atoms with Gasteiger partial charge in [0, 0.05) is 36.0 Å². The lowest BCUT2D eigenvalue weighted by molar-refractivity contribution is 0.0792. The molecule has 0 aliphatic rings. The van der Waals surface area contributed by atoms with Crippen LogP contribution in [0.25, 0.3) is 22.7 Å². The van der Waals surface area contributed by atoms with E-state index in [1.807, 2.05) is 37.4 Å². The van der Waals surface area contributed by atoms with Crippen molar-refractivity contribution in [3.63, 3.8) is 0 Å². The molecule has 32 heavy (non-hydrogen) atoms. The second-order valence-electron chi connectivity index (χ2n) is 7.91. The molecule has 0 radical (unpaired) electrons. The van der Waals surface area contributed by atoms with Gasteiger partial charge in [-0.3, -0.25) is 9.89 Å². The lowest BCUT2D eigenvalue weighted by atomic mass is 10.1. The van der Waals surface area contributed by atoms with Crippen molar-refractivity contribution in [2.75, 3.05) is 13.6 Å². The number of hydrogen-bond donors (Lipinski definition) is 1. The van der Waals surface area contributed by atoms with Gasteiger partial charge in [-0.15, -0.1) is 0 Å². The van der Waals surface area contributed by atoms with E-state index in [2.05, 4.69) is 38.5 Å². The highest BCUT2D eigenvalue weighted by Crippen LogP contribution is 2.19. The van der Waals surface area contributed by atoms with Gasteiger partial charge < -0.3 is 9.42 Å². The molecule has 4 aromatic rings. The quantitative estimate of drug-likeness (QED) is 0.382. The van der Waals surface area contributed by atoms with E-state index in [1.165, 1.54) is 0 Å². The number of amides is 1. The molecule has 7 heteroatoms. The molecular formula is C25H27N5O2. The Morgan fingerprint density at radius 2 is 1.78 bits per heavy atom. The standard InChI is InChI=1S/C25H27N5O2/c1-18-26-24(32-29-18)20-12-14-21(15-13-20)25(31)30(2)16-8-4-7-11-22-17-23(28-27-22)19-9-5-3-6-10-19/h3,5-6,9-10,12-15,17H,4,7-8,11,16H2,1-2H3,(H,27,28). The van der Waals surface area contributed by atoms with Gasteiger partial charge in [0.2, 0.25) is 0 Å². The number of nitrogens with zero attached hydrogens (tertiary/aromatic N) is 4. The molecule has 2 aromatic heterocycles. The first-order valence-corrected chi connectivity index (χ1v) is 10.9. The second-order valence-corrected chi connectivity index (χ2v) is 7.91. The van der Waals surface area contributed by atoms with E-state index >= 15 is 0 Å². The molecule has 2 aromatic carbocycles. The molecule has 0 bridgehead atoms. The predicted octanol–water partition coefficient (Wildman–Crippen LogP) is 4.92. The van der Waals surface area contributed by atoms with Crippen LogP contribution in [0.2, 0.25) is 0 Å². The van der Waals surface area contributed by atoms with E-state index in [9.17, 15) is 4.79 Å². The molecule has 1 amide bonds. The minimum Gasteiger partial charge on any atom is -0.342 e. The van der Waals surface area contributed by atoms with Crippen LogP contribution in [0.1, 0.15) is 41.1 Å². The Morgan fingerprint density at radius 1 is 1.00 bits per heavy atom. The predicted molar refractivity (Wildman–Crippen MR) is 123 cm³/mol. The number of nitrogens with one attached hydrogen (secondary N) is 1. The minimum atomic E-state index is 0.0133. The van der Waals surface area contributed by atoms with E-state index in [0.717, 1.165) is 54.7 Å². The van der Waals surface area contributed by atoms with Gasteiger partial charge in [-0.1, -0.05) is 41.9 Å². The van der Waals surface area contributed by atoms with Crippen LogP contribution in [0, 0.1) is 6.92 Å². The molecule has 0 saturated carbocycles. The average Bonchev–Trinajstić information content (AvgIpc) is 3.48. The van der Waals surface area contributed by atoms with Crippen LogP contribution in [0.15, 0.2) is 65.2 Å². The van der Waals surface area contributed by atoms with Gasteiger partial charge in [-0.2, -0.15) is 10.1 Å². The molecule has 2 heterocycles. The number of carbonyl (C=O) groups is 1. The summed E-state index contributed by atoms with van der Waals surface area (Å²) < 4.78 is 5.17. The Hall–Kier alpha value is -3.74. The van der Waals surface area contributed by atoms with Crippen molar-refractivity contribution in [2.24, 2.45) is 0 Å². The molecule has 0 aliphatic carbocycles. The summed E-state index contributed by atoms with van der Waals surface area (Å²) in [7, 11) is 1.85. The normalized spacial score (nSPS) is 10.9. The van der Waals surface area contributed by atoms with Gasteiger partial charge in [0.1, 0.15) is 0 Å². The van der Waals surface area contributed by atoms with Crippen molar-refractivity contribution < 1.29 is 9.32 Å². The molecule has 0 atom stereocenters. The van der Waals surface area contributed by atoms with Crippen molar-refractivity contribution in [2.45, 2.75) is 32.6 Å². The smallest absolute Gasteiger partial charge is 0.257 e. The first-order valence-electron chi connectivity index (χ1n) is 10.9. The zero-order valence-electron chi connectivity index (χ0n) is 18.4. The number of aryl methyl sites for hydroxylation is 2. The number of carbonyl (C=O) groups excluding carboxylic acids is 1. The molecule has 0 fully saturated rings. The van der Waals surface area contributed by atoms with Gasteiger partial charge in [-0.25, -0.2) is 0 Å². The summed E-state index contributed by atoms with van der Waals surface area (Å²) in [5, 5.41) is 11.3. The zero-order chi connectivity index (χ0) is 22.3. The highest BCUT2D eigenvalue weighted by molar-refractivity contribution is 5.94. The summed E-state index contributed by atoms with van der Waals surface area (Å²) in [5.74, 6) is 1.06. The number of aromatic nitrogens is 4. The number of rotatable bonds is 9. The summed E-state index contributed by atoms with van der Waals surface area (Å²) >= 11 is 0. The van der Waals surface area contributed by atoms with Crippen molar-refractivity contribution in [3.8, 4) is 22.7 Å². The van der Waals surface area contributed by atoms with Crippen LogP contribution in [-0.2, 0) is 6.42 Å². The fraction of sp³-hybridized carbons (Fsp3) is 0.280. The van der Waals surface area contributed by atoms with Gasteiger partial charge in [0.15, 0.2) is 5.82 Å². The average molecular weight is 430 g/mol. The van der Waals surface area contributed by atoms with E-state index in [1.54, 1.807) is 24.0 Å². The highest BCUT2D eigenvalue weighted by atomic mass is 16.5. The third kappa shape index (κ3) is 5.29. The number of hydrogen-bond acceptors (Lipinski definition) is 5. The lowest BCUT2D eigenvalue weighted by Gasteiger charge is -2.17. The topological polar surface area (TPSA) is 87.9 Å². The third-order valence-electron chi connectivity index (χ3n) is 5.39. The van der Waals surface area contributed by atoms with E-state index in [-0.39, 0.29) is 5.91 Å². The van der Waals surface area contributed by atoms with Crippen LogP contribution in [0.5, 0.6) is 0 Å². The number of benzene rings is 2. The first-order chi connectivity index (χ1) is 15.6. The van der Waals surface area contributed by atoms with Crippen LogP contribution in [0.3, 0.4) is 0 Å². The van der Waals surface area contributed by atoms with Gasteiger partial charge in [0.25, 0.3) is 11.8 Å². The Morgan fingerprint density at radius 3 is 2.50 bits per heavy atom. The molecule has 0 unspecified atom stereocenters. The maximum absolute atomic E-state index is 12.7. The number of unbranched alkanes of at least 4 members (excludes halogenated alkanes) is 2. The SMILES string of the molecule is Cc1noc(-c2ccc(C(=O)N(C)CCCCCc3cc(-c4ccccc4)n[nH]3)cc2)n1. The Bertz CT molecular complexity index is 1150. The number of H-pyrrole nitrogens is 1. The maximum atomic E-state index is 12.7. The second kappa shape index (κ2) is 10.0. The molecule has 0 aliphatic heterocycles. The largest absolute Gasteiger partial charge is 0.342 e. The monoisotopic (exact) mass is 429 g/mol. The van der Waals surface area contributed by atoms with Crippen molar-refractivity contribution in [1.82, 2.24) is 25.2 Å². The van der Waals surface area contributed by atoms with Crippen LogP contribution in [0.4, 0.5) is 0 Å². The Balaban J connectivity index is 1.20. The van der Waals surface area contributed by atoms with Crippen molar-refractivity contribution in [1.29, 1.82) is 0 Å². The summed E-state index contributed by atoms with van der Waals surface area (Å²) in [4.78, 5) is 18.7. The number of aromatic amines is 1. The third-order valence-corrected chi connectivity index (χ3v) is 5.39. The first kappa shape index (κ1) is 21.5. The van der Waals surface area contributed by atoms with Crippen LogP contribution in [-0.4, -0.2) is 44.7 Å². The van der Waals surface area contributed by atoms with E-state index in [4.69, 9.17) is 4.52 Å². The summed E-state index contributed by atoms with van der Waals surface area (Å²) in [5.41, 5.74) is 4.70. The van der Waals surface area contributed by atoms with Gasteiger partial charge >= 0.3 is 0 Å². The highest BCUT2D eigenvalue weighted by Gasteiger charge is 2.13. The maximum Gasteiger partial charge on any atom is 0.257 e. The molecule has 0 spiro atoms. The van der Waals surface area contributed by atoms with E-state index in [0.29, 0.717) is 17.3 Å². The molecule has 4 rings (SSSR count). The molecular weight excluding hydrogens is 402 g/mol. The molecule has 1 N–H and O–H groups in total. The van der Waals surface area contributed by atoms with Crippen molar-refractivity contribution in [3.05, 3.63) is 77.7 Å². The van der Waals surface area contributed by atoms with Crippen LogP contribution < -0.4 is 0 Å². The van der Waals surface area contributed by atoms with E-state index < -0.39 is 0 Å². The van der Waals surface area contributed by atoms with Gasteiger partial charge in [0.05, 0.1) is 5.69 Å². The fourth-order valence-corrected chi connectivity index (χ4v) is 3.58. The molecule has 164 valence electrons. The molecule has 0 saturated heterocycles. The summed E-state index contributed by atoms with van der Waals surface area (Å²) in [6.45, 7) is 2.50. The van der Waals surface area contributed by atoms with Gasteiger partial charge in [-0.05, 0) is 56.5 Å². The summed E-state index contributed by atoms with van der Waals surface area (Å²) in [6, 6.07) is 19.6. The van der Waals surface area contributed by atoms with Crippen molar-refractivity contribution >= 4 is 5.91 Å². The Kier molecular flexibility index (Phi) is 6.75. The van der Waals surface area contributed by atoms with Crippen LogP contribution >= 0.6 is 0 Å². The molecule has 7 nitrogen and oxygen atoms in total. The summed E-state index contributed by atoms with van der Waals surface area (Å²) in [6.07, 6.45) is 4.01. The lowest BCUT2D eigenvalue weighted by Crippen LogP contribution is -2.27. The minimum absolute atomic E-state index is 0.0133.